The Labute approximate surface area is 387 Å². The van der Waals surface area contributed by atoms with Gasteiger partial charge < -0.3 is 49.3 Å². The fraction of sp³-hybridized carbons (Fsp3) is 0.560. The molecule has 0 aliphatic carbocycles. The number of likely N-dealkylation sites (tertiary alicyclic amines) is 2. The maximum atomic E-state index is 14.6. The van der Waals surface area contributed by atoms with Gasteiger partial charge in [0.1, 0.15) is 23.7 Å². The molecular weight excluding hydrogens is 841 g/mol. The number of carbonyl (C=O) groups is 4. The van der Waals surface area contributed by atoms with Gasteiger partial charge in [-0.05, 0) is 120 Å². The van der Waals surface area contributed by atoms with Crippen molar-refractivity contribution in [3.05, 3.63) is 72.6 Å². The zero-order chi connectivity index (χ0) is 46.6. The lowest BCUT2D eigenvalue weighted by atomic mass is 9.85. The molecule has 10 atom stereocenters. The van der Waals surface area contributed by atoms with Gasteiger partial charge >= 0.3 is 12.2 Å². The Morgan fingerprint density at radius 3 is 1.64 bits per heavy atom. The van der Waals surface area contributed by atoms with E-state index >= 15 is 0 Å². The Hall–Kier alpha value is -5.74. The zero-order valence-electron chi connectivity index (χ0n) is 39.3. The lowest BCUT2D eigenvalue weighted by Crippen LogP contribution is -2.55. The van der Waals surface area contributed by atoms with Crippen LogP contribution in [0.5, 0.6) is 0 Å². The van der Waals surface area contributed by atoms with Crippen LogP contribution in [0.4, 0.5) is 9.59 Å². The van der Waals surface area contributed by atoms with Gasteiger partial charge in [-0.15, -0.1) is 0 Å². The smallest absolute Gasteiger partial charge is 0.407 e. The molecule has 4 aliphatic heterocycles. The van der Waals surface area contributed by atoms with Crippen LogP contribution in [-0.4, -0.2) is 117 Å². The standard InChI is InChI=1S/C50H66N8O8/c1-8-38-18-20-42(58(38)48(60)44(56-50(62)64-7)37-24-30(4)66-31(5)25-37)46-52-27-40(54-46)35-16-12-33(13-17-35)32-10-14-34(15-11-32)39-26-51-45(53-39)41-19-9-28(2)57(41)47(59)43(55-49(61)63-6)36-21-22-65-29(3)23-36/h10-17,26-31,36-38,41-44H,8-9,18-25H2,1-7H3,(H,51,53)(H,52,54)(H,55,61)(H,56,62). The van der Waals surface area contributed by atoms with Crippen LogP contribution in [0.15, 0.2) is 60.9 Å². The number of imidazole rings is 2. The zero-order valence-corrected chi connectivity index (χ0v) is 39.3. The second-order valence-electron chi connectivity index (χ2n) is 18.8. The Morgan fingerprint density at radius 1 is 0.652 bits per heavy atom. The number of rotatable bonds is 12. The van der Waals surface area contributed by atoms with Gasteiger partial charge in [0, 0.05) is 18.7 Å². The first-order valence-electron chi connectivity index (χ1n) is 23.8. The quantitative estimate of drug-likeness (QED) is 0.108. The normalized spacial score (nSPS) is 27.5. The minimum atomic E-state index is -0.734. The number of carbonyl (C=O) groups excluding carboxylic acids is 4. The van der Waals surface area contributed by atoms with E-state index in [1.165, 1.54) is 14.2 Å². The molecule has 2 aromatic heterocycles. The van der Waals surface area contributed by atoms with Crippen LogP contribution in [0, 0.1) is 11.8 Å². The number of amides is 4. The highest BCUT2D eigenvalue weighted by molar-refractivity contribution is 5.88. The van der Waals surface area contributed by atoms with E-state index in [-0.39, 0.29) is 66.1 Å². The topological polar surface area (TPSA) is 193 Å². The van der Waals surface area contributed by atoms with Gasteiger partial charge in [-0.3, -0.25) is 9.59 Å². The number of nitrogens with one attached hydrogen (secondary N) is 4. The lowest BCUT2D eigenvalue weighted by molar-refractivity contribution is -0.141. The van der Waals surface area contributed by atoms with E-state index in [9.17, 15) is 19.2 Å². The van der Waals surface area contributed by atoms with E-state index in [2.05, 4.69) is 83.0 Å². The van der Waals surface area contributed by atoms with E-state index in [0.29, 0.717) is 32.3 Å². The molecule has 4 N–H and O–H groups in total. The van der Waals surface area contributed by atoms with Gasteiger partial charge in [0.2, 0.25) is 11.8 Å². The molecule has 6 heterocycles. The van der Waals surface area contributed by atoms with E-state index in [0.717, 1.165) is 77.4 Å². The van der Waals surface area contributed by atoms with E-state index in [4.69, 9.17) is 28.9 Å². The molecule has 4 aromatic rings. The Balaban J connectivity index is 0.942. The van der Waals surface area contributed by atoms with Crippen LogP contribution < -0.4 is 10.6 Å². The van der Waals surface area contributed by atoms with Gasteiger partial charge in [0.05, 0.1) is 68.4 Å². The number of alkyl carbamates (subject to hydrolysis) is 2. The monoisotopic (exact) mass is 907 g/mol. The average molecular weight is 907 g/mol. The summed E-state index contributed by atoms with van der Waals surface area (Å²) in [6.07, 6.45) is 9.03. The van der Waals surface area contributed by atoms with Crippen LogP contribution in [0.2, 0.25) is 0 Å². The van der Waals surface area contributed by atoms with Crippen molar-refractivity contribution in [2.75, 3.05) is 20.8 Å². The van der Waals surface area contributed by atoms with Crippen molar-refractivity contribution in [2.45, 2.75) is 147 Å². The molecule has 66 heavy (non-hydrogen) atoms. The molecule has 0 radical (unpaired) electrons. The highest BCUT2D eigenvalue weighted by Crippen LogP contribution is 2.41. The van der Waals surface area contributed by atoms with Crippen molar-refractivity contribution >= 4 is 24.0 Å². The summed E-state index contributed by atoms with van der Waals surface area (Å²) in [5, 5.41) is 5.75. The summed E-state index contributed by atoms with van der Waals surface area (Å²) in [7, 11) is 2.63. The Morgan fingerprint density at radius 2 is 1.12 bits per heavy atom. The third-order valence-corrected chi connectivity index (χ3v) is 14.4. The molecule has 4 aliphatic rings. The summed E-state index contributed by atoms with van der Waals surface area (Å²) >= 11 is 0. The summed E-state index contributed by atoms with van der Waals surface area (Å²) in [6, 6.07) is 14.7. The van der Waals surface area contributed by atoms with Crippen molar-refractivity contribution in [3.63, 3.8) is 0 Å². The van der Waals surface area contributed by atoms with E-state index < -0.39 is 24.3 Å². The number of hydrogen-bond donors (Lipinski definition) is 4. The predicted octanol–water partition coefficient (Wildman–Crippen LogP) is 8.10. The first-order chi connectivity index (χ1) is 31.8. The third kappa shape index (κ3) is 9.99. The van der Waals surface area contributed by atoms with Crippen molar-refractivity contribution in [2.24, 2.45) is 11.8 Å². The molecular formula is C50H66N8O8. The fourth-order valence-corrected chi connectivity index (χ4v) is 11.0. The number of aromatic nitrogens is 4. The van der Waals surface area contributed by atoms with Crippen LogP contribution in [0.1, 0.15) is 116 Å². The first kappa shape index (κ1) is 46.8. The third-order valence-electron chi connectivity index (χ3n) is 14.4. The highest BCUT2D eigenvalue weighted by atomic mass is 16.5. The molecule has 4 saturated heterocycles. The number of nitrogens with zero attached hydrogens (tertiary/aromatic N) is 4. The molecule has 0 bridgehead atoms. The SMILES string of the molecule is CCC1CCC(c2ncc(-c3ccc(-c4ccc(-c5cnc(C6CCC(C)N6C(=O)C(NC(=O)OC)C6CCOC(C)C6)[nH]5)cc4)cc3)[nH]2)N1C(=O)C(NC(=O)OC)C1CC(C)OC(C)C1. The van der Waals surface area contributed by atoms with Gasteiger partial charge in [-0.25, -0.2) is 19.6 Å². The van der Waals surface area contributed by atoms with Gasteiger partial charge in [-0.2, -0.15) is 0 Å². The molecule has 0 spiro atoms. The molecule has 16 nitrogen and oxygen atoms in total. The van der Waals surface area contributed by atoms with Crippen LogP contribution in [0.25, 0.3) is 33.6 Å². The highest BCUT2D eigenvalue weighted by Gasteiger charge is 2.46. The summed E-state index contributed by atoms with van der Waals surface area (Å²) in [6.45, 7) is 10.7. The minimum Gasteiger partial charge on any atom is -0.453 e. The van der Waals surface area contributed by atoms with Crippen molar-refractivity contribution < 1.29 is 38.1 Å². The second kappa shape index (κ2) is 20.4. The van der Waals surface area contributed by atoms with E-state index in [1.807, 2.05) is 43.0 Å². The van der Waals surface area contributed by atoms with Gasteiger partial charge in [-0.1, -0.05) is 55.5 Å². The lowest BCUT2D eigenvalue weighted by Gasteiger charge is -2.39. The fourth-order valence-electron chi connectivity index (χ4n) is 11.0. The summed E-state index contributed by atoms with van der Waals surface area (Å²) < 4.78 is 21.6. The van der Waals surface area contributed by atoms with Crippen molar-refractivity contribution in [1.29, 1.82) is 0 Å². The van der Waals surface area contributed by atoms with Gasteiger partial charge in [0.15, 0.2) is 0 Å². The molecule has 10 unspecified atom stereocenters. The molecule has 8 rings (SSSR count). The molecule has 0 saturated carbocycles. The van der Waals surface area contributed by atoms with Crippen molar-refractivity contribution in [1.82, 2.24) is 40.4 Å². The summed E-state index contributed by atoms with van der Waals surface area (Å²) in [4.78, 5) is 74.4. The van der Waals surface area contributed by atoms with Crippen molar-refractivity contribution in [3.8, 4) is 33.6 Å². The largest absolute Gasteiger partial charge is 0.453 e. The Bertz CT molecular complexity index is 2300. The Kier molecular flexibility index (Phi) is 14.5. The minimum absolute atomic E-state index is 0.00121. The molecule has 2 aromatic carbocycles. The summed E-state index contributed by atoms with van der Waals surface area (Å²) in [5.41, 5.74) is 5.76. The number of H-pyrrole nitrogens is 2. The van der Waals surface area contributed by atoms with Crippen LogP contribution >= 0.6 is 0 Å². The van der Waals surface area contributed by atoms with E-state index in [1.54, 1.807) is 0 Å². The molecule has 4 amide bonds. The molecule has 354 valence electrons. The maximum absolute atomic E-state index is 14.6. The number of ether oxygens (including phenoxy) is 4. The maximum Gasteiger partial charge on any atom is 0.407 e. The summed E-state index contributed by atoms with van der Waals surface area (Å²) in [5.74, 6) is 1.07. The van der Waals surface area contributed by atoms with Crippen LogP contribution in [-0.2, 0) is 28.5 Å². The van der Waals surface area contributed by atoms with Crippen LogP contribution in [0.3, 0.4) is 0 Å². The molecule has 16 heteroatoms. The predicted molar refractivity (Wildman–Crippen MR) is 248 cm³/mol. The number of benzene rings is 2. The number of hydrogen-bond acceptors (Lipinski definition) is 10. The molecule has 4 fully saturated rings. The average Bonchev–Trinajstić information content (AvgIpc) is 4.16. The number of aromatic amines is 2. The van der Waals surface area contributed by atoms with Gasteiger partial charge in [0.25, 0.3) is 0 Å². The second-order valence-corrected chi connectivity index (χ2v) is 18.8. The first-order valence-corrected chi connectivity index (χ1v) is 23.8. The number of methoxy groups -OCH3 is 2.